The highest BCUT2D eigenvalue weighted by Gasteiger charge is 2.04. The lowest BCUT2D eigenvalue weighted by atomic mass is 10.0. The van der Waals surface area contributed by atoms with E-state index in [1.165, 1.54) is 89.9 Å². The van der Waals surface area contributed by atoms with Gasteiger partial charge in [-0.25, -0.2) is 0 Å². The lowest BCUT2D eigenvalue weighted by Gasteiger charge is -2.05. The van der Waals surface area contributed by atoms with Crippen molar-refractivity contribution in [1.82, 2.24) is 0 Å². The largest absolute Gasteiger partial charge is 0.149 e. The molecule has 0 bridgehead atoms. The molecular weight excluding hydrogens is 272 g/mol. The van der Waals surface area contributed by atoms with Gasteiger partial charge >= 0.3 is 0 Å². The van der Waals surface area contributed by atoms with Gasteiger partial charge in [0.25, 0.3) is 0 Å². The molecule has 0 unspecified atom stereocenters. The molecule has 1 heteroatoms. The van der Waals surface area contributed by atoms with Crippen molar-refractivity contribution in [2.45, 2.75) is 104 Å². The van der Waals surface area contributed by atoms with Crippen molar-refractivity contribution in [3.8, 4) is 0 Å². The molecule has 0 N–H and O–H groups in total. The maximum absolute atomic E-state index is 2.38. The third kappa shape index (κ3) is 9.34. The lowest BCUT2D eigenvalue weighted by Crippen LogP contribution is -1.91. The maximum atomic E-state index is 2.38. The SMILES string of the molecule is CCCCCCCCCCc1ccsc1CCCCCC. The summed E-state index contributed by atoms with van der Waals surface area (Å²) in [6.07, 6.45) is 19.6. The molecule has 0 aliphatic rings. The molecule has 122 valence electrons. The topological polar surface area (TPSA) is 0 Å². The number of hydrogen-bond acceptors (Lipinski definition) is 1. The van der Waals surface area contributed by atoms with E-state index in [0.29, 0.717) is 0 Å². The first-order valence-electron chi connectivity index (χ1n) is 9.43. The zero-order valence-corrected chi connectivity index (χ0v) is 15.3. The molecule has 0 aliphatic carbocycles. The number of hydrogen-bond donors (Lipinski definition) is 0. The quantitative estimate of drug-likeness (QED) is 0.311. The Morgan fingerprint density at radius 2 is 1.19 bits per heavy atom. The Bertz CT molecular complexity index is 326. The number of thiophene rings is 1. The van der Waals surface area contributed by atoms with Gasteiger partial charge in [-0.2, -0.15) is 0 Å². The Morgan fingerprint density at radius 1 is 0.667 bits per heavy atom. The van der Waals surface area contributed by atoms with Gasteiger partial charge in [-0.15, -0.1) is 11.3 Å². The highest BCUT2D eigenvalue weighted by Crippen LogP contribution is 2.22. The Kier molecular flexibility index (Phi) is 11.9. The average molecular weight is 309 g/mol. The van der Waals surface area contributed by atoms with E-state index in [9.17, 15) is 0 Å². The summed E-state index contributed by atoms with van der Waals surface area (Å²) in [6.45, 7) is 4.58. The Labute approximate surface area is 137 Å². The van der Waals surface area contributed by atoms with Gasteiger partial charge in [-0.05, 0) is 42.7 Å². The molecule has 0 spiro atoms. The second kappa shape index (κ2) is 13.4. The van der Waals surface area contributed by atoms with Crippen molar-refractivity contribution in [2.75, 3.05) is 0 Å². The van der Waals surface area contributed by atoms with E-state index in [0.717, 1.165) is 0 Å². The summed E-state index contributed by atoms with van der Waals surface area (Å²) in [5.41, 5.74) is 1.66. The molecule has 0 aliphatic heterocycles. The number of rotatable bonds is 14. The van der Waals surface area contributed by atoms with Crippen molar-refractivity contribution in [3.63, 3.8) is 0 Å². The van der Waals surface area contributed by atoms with Gasteiger partial charge in [0.1, 0.15) is 0 Å². The van der Waals surface area contributed by atoms with E-state index in [4.69, 9.17) is 0 Å². The first kappa shape index (κ1) is 18.7. The first-order valence-corrected chi connectivity index (χ1v) is 10.3. The van der Waals surface area contributed by atoms with E-state index in [1.807, 2.05) is 11.3 Å². The zero-order valence-electron chi connectivity index (χ0n) is 14.5. The number of unbranched alkanes of at least 4 members (excludes halogenated alkanes) is 10. The van der Waals surface area contributed by atoms with Crippen LogP contribution in [-0.2, 0) is 12.8 Å². The van der Waals surface area contributed by atoms with Crippen molar-refractivity contribution in [3.05, 3.63) is 21.9 Å². The van der Waals surface area contributed by atoms with Crippen LogP contribution in [0, 0.1) is 0 Å². The first-order chi connectivity index (χ1) is 10.4. The second-order valence-corrected chi connectivity index (χ2v) is 7.41. The average Bonchev–Trinajstić information content (AvgIpc) is 2.94. The highest BCUT2D eigenvalue weighted by molar-refractivity contribution is 7.10. The van der Waals surface area contributed by atoms with Crippen LogP contribution in [0.3, 0.4) is 0 Å². The fourth-order valence-electron chi connectivity index (χ4n) is 2.97. The molecule has 1 aromatic heterocycles. The van der Waals surface area contributed by atoms with E-state index >= 15 is 0 Å². The smallest absolute Gasteiger partial charge is 0.00772 e. The molecule has 21 heavy (non-hydrogen) atoms. The predicted molar refractivity (Wildman–Crippen MR) is 98.5 cm³/mol. The molecule has 0 aromatic carbocycles. The van der Waals surface area contributed by atoms with Crippen LogP contribution in [0.5, 0.6) is 0 Å². The van der Waals surface area contributed by atoms with Gasteiger partial charge < -0.3 is 0 Å². The monoisotopic (exact) mass is 308 g/mol. The fraction of sp³-hybridized carbons (Fsp3) is 0.800. The summed E-state index contributed by atoms with van der Waals surface area (Å²) < 4.78 is 0. The van der Waals surface area contributed by atoms with Crippen LogP contribution in [0.1, 0.15) is 101 Å². The van der Waals surface area contributed by atoms with E-state index < -0.39 is 0 Å². The normalized spacial score (nSPS) is 11.1. The Balaban J connectivity index is 2.05. The molecule has 0 fully saturated rings. The molecule has 0 saturated carbocycles. The van der Waals surface area contributed by atoms with Crippen LogP contribution in [0.25, 0.3) is 0 Å². The fourth-order valence-corrected chi connectivity index (χ4v) is 3.95. The van der Waals surface area contributed by atoms with Crippen LogP contribution in [0.2, 0.25) is 0 Å². The Morgan fingerprint density at radius 3 is 1.86 bits per heavy atom. The second-order valence-electron chi connectivity index (χ2n) is 6.40. The lowest BCUT2D eigenvalue weighted by molar-refractivity contribution is 0.575. The summed E-state index contributed by atoms with van der Waals surface area (Å²) >= 11 is 1.98. The molecule has 1 aromatic rings. The molecule has 1 heterocycles. The van der Waals surface area contributed by atoms with Crippen molar-refractivity contribution >= 4 is 11.3 Å². The van der Waals surface area contributed by atoms with Crippen LogP contribution in [0.15, 0.2) is 11.4 Å². The summed E-state index contributed by atoms with van der Waals surface area (Å²) in [5.74, 6) is 0. The summed E-state index contributed by atoms with van der Waals surface area (Å²) in [7, 11) is 0. The maximum Gasteiger partial charge on any atom is 0.00772 e. The van der Waals surface area contributed by atoms with Gasteiger partial charge in [-0.3, -0.25) is 0 Å². The van der Waals surface area contributed by atoms with Gasteiger partial charge in [-0.1, -0.05) is 78.1 Å². The van der Waals surface area contributed by atoms with Crippen LogP contribution >= 0.6 is 11.3 Å². The molecule has 0 atom stereocenters. The zero-order chi connectivity index (χ0) is 15.2. The van der Waals surface area contributed by atoms with Gasteiger partial charge in [0.2, 0.25) is 0 Å². The minimum absolute atomic E-state index is 1.32. The summed E-state index contributed by atoms with van der Waals surface area (Å²) in [4.78, 5) is 1.68. The highest BCUT2D eigenvalue weighted by atomic mass is 32.1. The van der Waals surface area contributed by atoms with Gasteiger partial charge in [0, 0.05) is 4.88 Å². The molecule has 0 nitrogen and oxygen atoms in total. The van der Waals surface area contributed by atoms with E-state index in [1.54, 1.807) is 10.4 Å². The van der Waals surface area contributed by atoms with Crippen molar-refractivity contribution < 1.29 is 0 Å². The van der Waals surface area contributed by atoms with Crippen LogP contribution in [0.4, 0.5) is 0 Å². The standard InChI is InChI=1S/C20H36S/c1-3-5-7-9-10-11-12-13-15-19-17-18-21-20(19)16-14-8-6-4-2/h17-18H,3-16H2,1-2H3. The van der Waals surface area contributed by atoms with Crippen LogP contribution < -0.4 is 0 Å². The summed E-state index contributed by atoms with van der Waals surface area (Å²) in [5, 5.41) is 2.30. The van der Waals surface area contributed by atoms with Crippen molar-refractivity contribution in [1.29, 1.82) is 0 Å². The third-order valence-electron chi connectivity index (χ3n) is 4.39. The van der Waals surface area contributed by atoms with Crippen molar-refractivity contribution in [2.24, 2.45) is 0 Å². The number of aryl methyl sites for hydroxylation is 2. The molecule has 0 saturated heterocycles. The summed E-state index contributed by atoms with van der Waals surface area (Å²) in [6, 6.07) is 2.38. The van der Waals surface area contributed by atoms with E-state index in [-0.39, 0.29) is 0 Å². The van der Waals surface area contributed by atoms with E-state index in [2.05, 4.69) is 25.3 Å². The predicted octanol–water partition coefficient (Wildman–Crippen LogP) is 7.55. The minimum Gasteiger partial charge on any atom is -0.149 e. The van der Waals surface area contributed by atoms with Gasteiger partial charge in [0.15, 0.2) is 0 Å². The third-order valence-corrected chi connectivity index (χ3v) is 5.42. The Hall–Kier alpha value is -0.300. The molecular formula is C20H36S. The molecule has 1 rings (SSSR count). The molecule has 0 amide bonds. The van der Waals surface area contributed by atoms with Gasteiger partial charge in [0.05, 0.1) is 0 Å². The molecule has 0 radical (unpaired) electrons. The minimum atomic E-state index is 1.32. The van der Waals surface area contributed by atoms with Crippen LogP contribution in [-0.4, -0.2) is 0 Å².